The molecule has 0 saturated heterocycles. The molecule has 0 radical (unpaired) electrons. The minimum atomic E-state index is -4.56. The highest BCUT2D eigenvalue weighted by molar-refractivity contribution is 8.00. The molecule has 0 aliphatic carbocycles. The molecule has 3 aromatic rings. The third-order valence-corrected chi connectivity index (χ3v) is 5.81. The molecule has 8 nitrogen and oxygen atoms in total. The van der Waals surface area contributed by atoms with Gasteiger partial charge in [-0.1, -0.05) is 17.8 Å². The van der Waals surface area contributed by atoms with Gasteiger partial charge in [0, 0.05) is 5.56 Å². The van der Waals surface area contributed by atoms with Crippen LogP contribution in [0, 0.1) is 0 Å². The molecule has 1 aromatic heterocycles. The molecule has 0 saturated carbocycles. The topological polar surface area (TPSA) is 95.3 Å². The number of nitrogens with one attached hydrogen (secondary N) is 1. The number of esters is 1. The fourth-order valence-corrected chi connectivity index (χ4v) is 3.93. The third-order valence-electron chi connectivity index (χ3n) is 4.79. The van der Waals surface area contributed by atoms with E-state index in [0.29, 0.717) is 11.3 Å². The zero-order valence-corrected chi connectivity index (χ0v) is 19.9. The van der Waals surface area contributed by atoms with E-state index in [0.717, 1.165) is 23.9 Å². The van der Waals surface area contributed by atoms with Gasteiger partial charge in [0.2, 0.25) is 0 Å². The second-order valence-electron chi connectivity index (χ2n) is 7.21. The van der Waals surface area contributed by atoms with Crippen LogP contribution in [0.4, 0.5) is 13.2 Å². The van der Waals surface area contributed by atoms with E-state index in [4.69, 9.17) is 9.47 Å². The van der Waals surface area contributed by atoms with Gasteiger partial charge >= 0.3 is 12.1 Å². The first-order valence-corrected chi connectivity index (χ1v) is 11.4. The lowest BCUT2D eigenvalue weighted by molar-refractivity contribution is -0.142. The Labute approximate surface area is 203 Å². The summed E-state index contributed by atoms with van der Waals surface area (Å²) < 4.78 is 51.5. The van der Waals surface area contributed by atoms with Crippen molar-refractivity contribution in [1.82, 2.24) is 20.1 Å². The van der Waals surface area contributed by atoms with Crippen molar-refractivity contribution in [2.24, 2.45) is 0 Å². The molecule has 0 fully saturated rings. The average Bonchev–Trinajstić information content (AvgIpc) is 3.24. The Morgan fingerprint density at radius 2 is 1.86 bits per heavy atom. The second kappa shape index (κ2) is 11.3. The number of thioether (sulfide) groups is 1. The van der Waals surface area contributed by atoms with Crippen LogP contribution in [0.3, 0.4) is 0 Å². The number of rotatable bonds is 9. The van der Waals surface area contributed by atoms with E-state index in [1.165, 1.54) is 23.8 Å². The summed E-state index contributed by atoms with van der Waals surface area (Å²) in [5.74, 6) is -0.140. The van der Waals surface area contributed by atoms with Crippen LogP contribution in [-0.2, 0) is 22.3 Å². The van der Waals surface area contributed by atoms with E-state index >= 15 is 0 Å². The lowest BCUT2D eigenvalue weighted by Crippen LogP contribution is -2.24. The minimum absolute atomic E-state index is 0.123. The maximum absolute atomic E-state index is 13.3. The van der Waals surface area contributed by atoms with Gasteiger partial charge in [-0.25, -0.2) is 0 Å². The summed E-state index contributed by atoms with van der Waals surface area (Å²) in [6, 6.07) is 11.1. The summed E-state index contributed by atoms with van der Waals surface area (Å²) >= 11 is 0.989. The van der Waals surface area contributed by atoms with E-state index in [9.17, 15) is 22.8 Å². The molecule has 12 heteroatoms. The van der Waals surface area contributed by atoms with Crippen molar-refractivity contribution in [3.63, 3.8) is 0 Å². The molecule has 0 aliphatic heterocycles. The van der Waals surface area contributed by atoms with Crippen molar-refractivity contribution >= 4 is 23.6 Å². The molecule has 3 rings (SSSR count). The number of benzene rings is 2. The molecule has 186 valence electrons. The summed E-state index contributed by atoms with van der Waals surface area (Å²) in [5.41, 5.74) is -0.357. The first-order chi connectivity index (χ1) is 16.6. The van der Waals surface area contributed by atoms with Gasteiger partial charge in [-0.05, 0) is 56.3 Å². The predicted molar refractivity (Wildman–Crippen MR) is 122 cm³/mol. The Balaban J connectivity index is 1.91. The molecule has 1 heterocycles. The summed E-state index contributed by atoms with van der Waals surface area (Å²) in [6.45, 7) is 3.33. The van der Waals surface area contributed by atoms with Crippen LogP contribution in [0.25, 0.3) is 5.69 Å². The SMILES string of the molecule is CCOC(=O)C(C)Sc1nnc(CNC(=O)c2ccc(OC)cc2)n1-c1cccc(C(F)(F)F)c1. The number of carbonyl (C=O) groups excluding carboxylic acids is 2. The summed E-state index contributed by atoms with van der Waals surface area (Å²) in [6.07, 6.45) is -4.56. The number of aromatic nitrogens is 3. The fraction of sp³-hybridized carbons (Fsp3) is 0.304. The second-order valence-corrected chi connectivity index (χ2v) is 8.51. The standard InChI is InChI=1S/C23H23F3N4O4S/c1-4-34-21(32)14(2)35-22-29-28-19(13-27-20(31)15-8-10-18(33-3)11-9-15)30(22)17-7-5-6-16(12-17)23(24,25)26/h5-12,14H,4,13H2,1-3H3,(H,27,31). The molecule has 1 amide bonds. The van der Waals surface area contributed by atoms with Crippen molar-refractivity contribution in [2.45, 2.75) is 37.0 Å². The molecule has 0 bridgehead atoms. The van der Waals surface area contributed by atoms with E-state index in [1.807, 2.05) is 0 Å². The maximum Gasteiger partial charge on any atom is 0.416 e. The van der Waals surface area contributed by atoms with Crippen molar-refractivity contribution < 1.29 is 32.2 Å². The predicted octanol–water partition coefficient (Wildman–Crippen LogP) is 4.27. The van der Waals surface area contributed by atoms with Crippen molar-refractivity contribution in [1.29, 1.82) is 0 Å². The Morgan fingerprint density at radius 3 is 2.49 bits per heavy atom. The Kier molecular flexibility index (Phi) is 8.39. The highest BCUT2D eigenvalue weighted by atomic mass is 32.2. The lowest BCUT2D eigenvalue weighted by Gasteiger charge is -2.15. The zero-order valence-electron chi connectivity index (χ0n) is 19.1. The quantitative estimate of drug-likeness (QED) is 0.341. The van der Waals surface area contributed by atoms with Gasteiger partial charge in [0.05, 0.1) is 31.5 Å². The fourth-order valence-electron chi connectivity index (χ4n) is 3.04. The lowest BCUT2D eigenvalue weighted by atomic mass is 10.2. The van der Waals surface area contributed by atoms with Crippen LogP contribution >= 0.6 is 11.8 Å². The van der Waals surface area contributed by atoms with Gasteiger partial charge in [0.15, 0.2) is 11.0 Å². The molecular weight excluding hydrogens is 485 g/mol. The first-order valence-electron chi connectivity index (χ1n) is 10.5. The number of methoxy groups -OCH3 is 1. The van der Waals surface area contributed by atoms with Crippen LogP contribution in [0.1, 0.15) is 35.6 Å². The van der Waals surface area contributed by atoms with Gasteiger partial charge in [-0.3, -0.25) is 14.2 Å². The van der Waals surface area contributed by atoms with Crippen LogP contribution in [0.2, 0.25) is 0 Å². The zero-order chi connectivity index (χ0) is 25.6. The largest absolute Gasteiger partial charge is 0.497 e. The Morgan fingerprint density at radius 1 is 1.14 bits per heavy atom. The number of nitrogens with zero attached hydrogens (tertiary/aromatic N) is 3. The van der Waals surface area contributed by atoms with Crippen molar-refractivity contribution in [2.75, 3.05) is 13.7 Å². The summed E-state index contributed by atoms with van der Waals surface area (Å²) in [4.78, 5) is 24.7. The normalized spacial score (nSPS) is 12.2. The maximum atomic E-state index is 13.3. The third kappa shape index (κ3) is 6.53. The van der Waals surface area contributed by atoms with E-state index < -0.39 is 28.9 Å². The van der Waals surface area contributed by atoms with Gasteiger partial charge in [0.1, 0.15) is 11.0 Å². The van der Waals surface area contributed by atoms with Gasteiger partial charge in [-0.15, -0.1) is 10.2 Å². The molecule has 2 aromatic carbocycles. The van der Waals surface area contributed by atoms with E-state index in [2.05, 4.69) is 15.5 Å². The van der Waals surface area contributed by atoms with Crippen molar-refractivity contribution in [3.8, 4) is 11.4 Å². The highest BCUT2D eigenvalue weighted by Gasteiger charge is 2.31. The van der Waals surface area contributed by atoms with Crippen LogP contribution in [0.5, 0.6) is 5.75 Å². The summed E-state index contributed by atoms with van der Waals surface area (Å²) in [5, 5.41) is 10.3. The molecule has 1 unspecified atom stereocenters. The highest BCUT2D eigenvalue weighted by Crippen LogP contribution is 2.32. The molecule has 1 N–H and O–H groups in total. The number of hydrogen-bond donors (Lipinski definition) is 1. The van der Waals surface area contributed by atoms with Crippen LogP contribution < -0.4 is 10.1 Å². The van der Waals surface area contributed by atoms with Gasteiger partial charge in [0.25, 0.3) is 5.91 Å². The number of alkyl halides is 3. The first kappa shape index (κ1) is 26.1. The number of carbonyl (C=O) groups is 2. The van der Waals surface area contributed by atoms with E-state index in [1.54, 1.807) is 38.1 Å². The summed E-state index contributed by atoms with van der Waals surface area (Å²) in [7, 11) is 1.51. The monoisotopic (exact) mass is 508 g/mol. The van der Waals surface area contributed by atoms with Crippen molar-refractivity contribution in [3.05, 3.63) is 65.5 Å². The number of amides is 1. The number of hydrogen-bond acceptors (Lipinski definition) is 7. The Hall–Kier alpha value is -3.54. The van der Waals surface area contributed by atoms with Gasteiger partial charge < -0.3 is 14.8 Å². The number of halogens is 3. The molecule has 1 atom stereocenters. The van der Waals surface area contributed by atoms with E-state index in [-0.39, 0.29) is 29.8 Å². The minimum Gasteiger partial charge on any atom is -0.497 e. The Bertz CT molecular complexity index is 1180. The van der Waals surface area contributed by atoms with Gasteiger partial charge in [-0.2, -0.15) is 13.2 Å². The smallest absolute Gasteiger partial charge is 0.416 e. The van der Waals surface area contributed by atoms with Crippen LogP contribution in [-0.4, -0.2) is 45.6 Å². The molecule has 0 spiro atoms. The molecule has 0 aliphatic rings. The average molecular weight is 509 g/mol. The molecular formula is C23H23F3N4O4S. The number of ether oxygens (including phenoxy) is 2. The molecule has 35 heavy (non-hydrogen) atoms. The van der Waals surface area contributed by atoms with Crippen LogP contribution in [0.15, 0.2) is 53.7 Å².